The van der Waals surface area contributed by atoms with E-state index in [1.54, 1.807) is 0 Å². The van der Waals surface area contributed by atoms with Gasteiger partial charge in [-0.1, -0.05) is 6.07 Å². The molecule has 0 radical (unpaired) electrons. The molecule has 0 aromatic heterocycles. The molecule has 2 rings (SSSR count). The van der Waals surface area contributed by atoms with Crippen LogP contribution in [0.4, 0.5) is 0 Å². The van der Waals surface area contributed by atoms with Crippen molar-refractivity contribution in [1.29, 1.82) is 0 Å². The van der Waals surface area contributed by atoms with Crippen LogP contribution in [0.25, 0.3) is 0 Å². The van der Waals surface area contributed by atoms with Gasteiger partial charge in [0, 0.05) is 11.0 Å². The fourth-order valence-electron chi connectivity index (χ4n) is 1.16. The number of hydrogen-bond donors (Lipinski definition) is 0. The highest BCUT2D eigenvalue weighted by Crippen LogP contribution is 2.30. The van der Waals surface area contributed by atoms with E-state index < -0.39 is 0 Å². The summed E-state index contributed by atoms with van der Waals surface area (Å²) in [4.78, 5) is 0. The number of rotatable bonds is 3. The summed E-state index contributed by atoms with van der Waals surface area (Å²) in [6.45, 7) is 5.11. The van der Waals surface area contributed by atoms with Crippen molar-refractivity contribution in [1.82, 2.24) is 0 Å². The Morgan fingerprint density at radius 1 is 1.38 bits per heavy atom. The van der Waals surface area contributed by atoms with Gasteiger partial charge in [-0.2, -0.15) is 11.8 Å². The Morgan fingerprint density at radius 2 is 2.15 bits per heavy atom. The van der Waals surface area contributed by atoms with Gasteiger partial charge in [-0.05, 0) is 37.1 Å². The van der Waals surface area contributed by atoms with Crippen molar-refractivity contribution < 1.29 is 4.74 Å². The summed E-state index contributed by atoms with van der Waals surface area (Å²) >= 11 is 1.97. The molecule has 1 heterocycles. The molecule has 1 aliphatic heterocycles. The van der Waals surface area contributed by atoms with Gasteiger partial charge in [0.05, 0.1) is 0 Å². The quantitative estimate of drug-likeness (QED) is 0.684. The Balaban J connectivity index is 1.98. The zero-order chi connectivity index (χ0) is 9.26. The molecule has 0 bridgehead atoms. The van der Waals surface area contributed by atoms with Gasteiger partial charge < -0.3 is 4.74 Å². The van der Waals surface area contributed by atoms with E-state index in [0.29, 0.717) is 0 Å². The Bertz CT molecular complexity index is 305. The number of ether oxygens (including phenoxy) is 1. The molecule has 0 amide bonds. The van der Waals surface area contributed by atoms with Crippen LogP contribution in [0.2, 0.25) is 0 Å². The van der Waals surface area contributed by atoms with Crippen molar-refractivity contribution in [3.05, 3.63) is 29.3 Å². The van der Waals surface area contributed by atoms with Gasteiger partial charge in [0.2, 0.25) is 0 Å². The normalized spacial score (nSPS) is 20.0. The summed E-state index contributed by atoms with van der Waals surface area (Å²) in [6.07, 6.45) is 0. The maximum Gasteiger partial charge on any atom is 0.119 e. The highest BCUT2D eigenvalue weighted by Gasteiger charge is 2.22. The largest absolute Gasteiger partial charge is 0.492 e. The first-order valence-electron chi connectivity index (χ1n) is 4.57. The van der Waals surface area contributed by atoms with Gasteiger partial charge in [0.25, 0.3) is 0 Å². The summed E-state index contributed by atoms with van der Waals surface area (Å²) in [6, 6.07) is 6.28. The lowest BCUT2D eigenvalue weighted by Gasteiger charge is -2.06. The van der Waals surface area contributed by atoms with E-state index in [1.165, 1.54) is 16.9 Å². The molecule has 0 spiro atoms. The van der Waals surface area contributed by atoms with Gasteiger partial charge >= 0.3 is 0 Å². The van der Waals surface area contributed by atoms with Crippen molar-refractivity contribution in [2.24, 2.45) is 0 Å². The average Bonchev–Trinajstić information content (AvgIpc) is 2.91. The van der Waals surface area contributed by atoms with E-state index >= 15 is 0 Å². The molecule has 13 heavy (non-hydrogen) atoms. The monoisotopic (exact) mass is 194 g/mol. The van der Waals surface area contributed by atoms with Crippen LogP contribution in [0.15, 0.2) is 18.2 Å². The third-order valence-corrected chi connectivity index (χ3v) is 3.26. The average molecular weight is 194 g/mol. The topological polar surface area (TPSA) is 9.23 Å². The first kappa shape index (κ1) is 8.95. The van der Waals surface area contributed by atoms with Crippen molar-refractivity contribution in [2.45, 2.75) is 19.1 Å². The second kappa shape index (κ2) is 3.62. The first-order valence-corrected chi connectivity index (χ1v) is 5.62. The van der Waals surface area contributed by atoms with Crippen molar-refractivity contribution in [3.63, 3.8) is 0 Å². The minimum Gasteiger partial charge on any atom is -0.492 e. The van der Waals surface area contributed by atoms with Crippen LogP contribution in [0.3, 0.4) is 0 Å². The molecule has 0 N–H and O–H groups in total. The zero-order valence-electron chi connectivity index (χ0n) is 8.04. The molecule has 1 aliphatic rings. The third-order valence-electron chi connectivity index (χ3n) is 2.32. The van der Waals surface area contributed by atoms with Crippen molar-refractivity contribution >= 4 is 11.8 Å². The molecule has 1 aromatic rings. The Hall–Kier alpha value is -0.630. The van der Waals surface area contributed by atoms with Gasteiger partial charge in [-0.3, -0.25) is 0 Å². The molecular formula is C11H14OS. The van der Waals surface area contributed by atoms with Gasteiger partial charge in [0.1, 0.15) is 12.4 Å². The zero-order valence-corrected chi connectivity index (χ0v) is 8.86. The van der Waals surface area contributed by atoms with E-state index in [9.17, 15) is 0 Å². The van der Waals surface area contributed by atoms with E-state index in [2.05, 4.69) is 32.0 Å². The molecule has 0 saturated carbocycles. The fourth-order valence-corrected chi connectivity index (χ4v) is 1.55. The van der Waals surface area contributed by atoms with Gasteiger partial charge in [0.15, 0.2) is 0 Å². The molecular weight excluding hydrogens is 180 g/mol. The molecule has 1 fully saturated rings. The van der Waals surface area contributed by atoms with E-state index in [-0.39, 0.29) is 0 Å². The summed E-state index contributed by atoms with van der Waals surface area (Å²) in [7, 11) is 0. The minimum atomic E-state index is 0.751. The number of thioether (sulfide) groups is 1. The van der Waals surface area contributed by atoms with Crippen LogP contribution in [0.1, 0.15) is 11.1 Å². The lowest BCUT2D eigenvalue weighted by atomic mass is 10.1. The van der Waals surface area contributed by atoms with Crippen LogP contribution in [0.5, 0.6) is 5.75 Å². The highest BCUT2D eigenvalue weighted by molar-refractivity contribution is 8.06. The standard InChI is InChI=1S/C11H14OS/c1-8-3-4-10(5-9(8)2)12-6-11-7-13-11/h3-5,11H,6-7H2,1-2H3. The summed E-state index contributed by atoms with van der Waals surface area (Å²) in [5, 5.41) is 0.751. The predicted octanol–water partition coefficient (Wildman–Crippen LogP) is 2.80. The molecule has 1 aromatic carbocycles. The molecule has 1 atom stereocenters. The fraction of sp³-hybridized carbons (Fsp3) is 0.455. The van der Waals surface area contributed by atoms with Crippen LogP contribution < -0.4 is 4.74 Å². The van der Waals surface area contributed by atoms with Crippen molar-refractivity contribution in [3.8, 4) is 5.75 Å². The van der Waals surface area contributed by atoms with Gasteiger partial charge in [-0.15, -0.1) is 0 Å². The van der Waals surface area contributed by atoms with Crippen LogP contribution in [0, 0.1) is 13.8 Å². The Kier molecular flexibility index (Phi) is 2.49. The first-order chi connectivity index (χ1) is 6.25. The van der Waals surface area contributed by atoms with Crippen molar-refractivity contribution in [2.75, 3.05) is 12.4 Å². The molecule has 0 aliphatic carbocycles. The van der Waals surface area contributed by atoms with E-state index in [0.717, 1.165) is 17.6 Å². The molecule has 2 heteroatoms. The van der Waals surface area contributed by atoms with E-state index in [4.69, 9.17) is 4.74 Å². The second-order valence-corrected chi connectivity index (χ2v) is 4.85. The minimum absolute atomic E-state index is 0.751. The lowest BCUT2D eigenvalue weighted by molar-refractivity contribution is 0.329. The third kappa shape index (κ3) is 2.41. The summed E-state index contributed by atoms with van der Waals surface area (Å²) in [5.41, 5.74) is 2.63. The number of aryl methyl sites for hydroxylation is 2. The molecule has 1 nitrogen and oxygen atoms in total. The van der Waals surface area contributed by atoms with Crippen LogP contribution in [-0.4, -0.2) is 17.6 Å². The molecule has 1 saturated heterocycles. The highest BCUT2D eigenvalue weighted by atomic mass is 32.2. The predicted molar refractivity (Wildman–Crippen MR) is 57.7 cm³/mol. The molecule has 70 valence electrons. The maximum atomic E-state index is 5.64. The summed E-state index contributed by atoms with van der Waals surface area (Å²) in [5.74, 6) is 2.28. The lowest BCUT2D eigenvalue weighted by Crippen LogP contribution is -2.03. The van der Waals surface area contributed by atoms with Gasteiger partial charge in [-0.25, -0.2) is 0 Å². The summed E-state index contributed by atoms with van der Waals surface area (Å²) < 4.78 is 5.64. The Morgan fingerprint density at radius 3 is 2.77 bits per heavy atom. The number of benzene rings is 1. The van der Waals surface area contributed by atoms with E-state index in [1.807, 2.05) is 11.8 Å². The van der Waals surface area contributed by atoms with Crippen LogP contribution >= 0.6 is 11.8 Å². The maximum absolute atomic E-state index is 5.64. The number of hydrogen-bond acceptors (Lipinski definition) is 2. The van der Waals surface area contributed by atoms with Crippen LogP contribution in [-0.2, 0) is 0 Å². The Labute approximate surface area is 83.5 Å². The second-order valence-electron chi connectivity index (χ2n) is 3.51. The smallest absolute Gasteiger partial charge is 0.119 e. The SMILES string of the molecule is Cc1ccc(OCC2CS2)cc1C. The molecule has 1 unspecified atom stereocenters.